The van der Waals surface area contributed by atoms with E-state index < -0.39 is 15.9 Å². The van der Waals surface area contributed by atoms with Crippen LogP contribution in [0.2, 0.25) is 0 Å². The first-order chi connectivity index (χ1) is 16.4. The van der Waals surface area contributed by atoms with E-state index in [0.29, 0.717) is 24.3 Å². The van der Waals surface area contributed by atoms with Crippen LogP contribution in [0.5, 0.6) is 0 Å². The number of benzene rings is 3. The molecule has 0 aliphatic carbocycles. The molecule has 0 saturated heterocycles. The molecule has 0 aromatic heterocycles. The molecular formula is C26H27N3O4S. The van der Waals surface area contributed by atoms with Gasteiger partial charge in [-0.2, -0.15) is 0 Å². The lowest BCUT2D eigenvalue weighted by molar-refractivity contribution is -0.130. The van der Waals surface area contributed by atoms with E-state index in [4.69, 9.17) is 0 Å². The fourth-order valence-electron chi connectivity index (χ4n) is 3.17. The van der Waals surface area contributed by atoms with Gasteiger partial charge in [0.25, 0.3) is 15.9 Å². The fourth-order valence-corrected chi connectivity index (χ4v) is 4.04. The lowest BCUT2D eigenvalue weighted by atomic mass is 10.2. The van der Waals surface area contributed by atoms with Crippen molar-refractivity contribution in [3.8, 4) is 0 Å². The minimum atomic E-state index is -3.71. The van der Waals surface area contributed by atoms with Gasteiger partial charge in [0, 0.05) is 24.3 Å². The summed E-state index contributed by atoms with van der Waals surface area (Å²) in [5, 5.41) is 3.71. The summed E-state index contributed by atoms with van der Waals surface area (Å²) in [7, 11) is -3.71. The van der Waals surface area contributed by atoms with Gasteiger partial charge in [0.1, 0.15) is 0 Å². The summed E-state index contributed by atoms with van der Waals surface area (Å²) in [5.74, 6) is -0.600. The number of anilines is 1. The van der Waals surface area contributed by atoms with Crippen molar-refractivity contribution < 1.29 is 18.0 Å². The summed E-state index contributed by atoms with van der Waals surface area (Å²) in [6.07, 6.45) is 1.50. The average molecular weight is 478 g/mol. The molecule has 2 N–H and O–H groups in total. The highest BCUT2D eigenvalue weighted by Crippen LogP contribution is 2.13. The van der Waals surface area contributed by atoms with Crippen LogP contribution in [0.3, 0.4) is 0 Å². The first kappa shape index (κ1) is 24.7. The van der Waals surface area contributed by atoms with Gasteiger partial charge in [-0.25, -0.2) is 8.42 Å². The van der Waals surface area contributed by atoms with Crippen LogP contribution in [-0.4, -0.2) is 38.2 Å². The molecule has 3 rings (SSSR count). The first-order valence-electron chi connectivity index (χ1n) is 10.8. The number of carbonyl (C=O) groups is 2. The van der Waals surface area contributed by atoms with Crippen LogP contribution in [0.25, 0.3) is 6.08 Å². The molecule has 0 radical (unpaired) electrons. The predicted molar refractivity (Wildman–Crippen MR) is 134 cm³/mol. The van der Waals surface area contributed by atoms with Gasteiger partial charge < -0.3 is 10.2 Å². The van der Waals surface area contributed by atoms with Crippen LogP contribution >= 0.6 is 0 Å². The van der Waals surface area contributed by atoms with Crippen molar-refractivity contribution in [1.29, 1.82) is 0 Å². The SMILES string of the molecule is CCN(Cc1ccccc1)C(=O)CNC(=O)c1ccc(NS(=O)(=O)/C=C/c2ccccc2)cc1. The molecule has 0 fully saturated rings. The number of nitrogens with one attached hydrogen (secondary N) is 2. The number of sulfonamides is 1. The minimum absolute atomic E-state index is 0.127. The molecule has 0 bridgehead atoms. The molecule has 34 heavy (non-hydrogen) atoms. The second-order valence-electron chi connectivity index (χ2n) is 7.51. The van der Waals surface area contributed by atoms with Crippen LogP contribution in [-0.2, 0) is 21.4 Å². The van der Waals surface area contributed by atoms with Gasteiger partial charge in [-0.1, -0.05) is 60.7 Å². The molecule has 0 spiro atoms. The monoisotopic (exact) mass is 477 g/mol. The largest absolute Gasteiger partial charge is 0.343 e. The van der Waals surface area contributed by atoms with Crippen LogP contribution < -0.4 is 10.0 Å². The number of hydrogen-bond donors (Lipinski definition) is 2. The Bertz CT molecular complexity index is 1230. The predicted octanol–water partition coefficient (Wildman–Crippen LogP) is 3.88. The van der Waals surface area contributed by atoms with Crippen LogP contribution in [0.4, 0.5) is 5.69 Å². The lowest BCUT2D eigenvalue weighted by Gasteiger charge is -2.21. The second kappa shape index (κ2) is 11.8. The molecule has 7 nitrogen and oxygen atoms in total. The van der Waals surface area contributed by atoms with Crippen molar-refractivity contribution in [3.63, 3.8) is 0 Å². The number of nitrogens with zero attached hydrogens (tertiary/aromatic N) is 1. The third-order valence-electron chi connectivity index (χ3n) is 5.00. The first-order valence-corrected chi connectivity index (χ1v) is 12.4. The van der Waals surface area contributed by atoms with Crippen LogP contribution in [0.15, 0.2) is 90.3 Å². The summed E-state index contributed by atoms with van der Waals surface area (Å²) in [5.41, 5.74) is 2.42. The van der Waals surface area contributed by atoms with Gasteiger partial charge in [-0.3, -0.25) is 14.3 Å². The summed E-state index contributed by atoms with van der Waals surface area (Å²) in [4.78, 5) is 26.6. The third kappa shape index (κ3) is 7.60. The summed E-state index contributed by atoms with van der Waals surface area (Å²) >= 11 is 0. The number of hydrogen-bond acceptors (Lipinski definition) is 4. The molecule has 3 aromatic rings. The minimum Gasteiger partial charge on any atom is -0.343 e. The quantitative estimate of drug-likeness (QED) is 0.463. The standard InChI is InChI=1S/C26H27N3O4S/c1-2-29(20-22-11-7-4-8-12-22)25(30)19-27-26(31)23-13-15-24(16-14-23)28-34(32,33)18-17-21-9-5-3-6-10-21/h3-18,28H,2,19-20H2,1H3,(H,27,31)/b18-17+. The summed E-state index contributed by atoms with van der Waals surface area (Å²) in [6.45, 7) is 2.76. The Morgan fingerprint density at radius 2 is 1.50 bits per heavy atom. The van der Waals surface area contributed by atoms with Gasteiger partial charge >= 0.3 is 0 Å². The molecule has 0 saturated carbocycles. The lowest BCUT2D eigenvalue weighted by Crippen LogP contribution is -2.39. The molecule has 0 heterocycles. The third-order valence-corrected chi connectivity index (χ3v) is 6.01. The number of carbonyl (C=O) groups excluding carboxylic acids is 2. The van der Waals surface area contributed by atoms with E-state index in [-0.39, 0.29) is 12.5 Å². The number of rotatable bonds is 10. The Labute approximate surface area is 200 Å². The second-order valence-corrected chi connectivity index (χ2v) is 9.08. The van der Waals surface area contributed by atoms with E-state index >= 15 is 0 Å². The van der Waals surface area contributed by atoms with Crippen molar-refractivity contribution >= 4 is 33.6 Å². The van der Waals surface area contributed by atoms with E-state index in [1.165, 1.54) is 30.3 Å². The summed E-state index contributed by atoms with van der Waals surface area (Å²) in [6, 6.07) is 24.7. The molecule has 0 atom stereocenters. The van der Waals surface area contributed by atoms with E-state index in [2.05, 4.69) is 10.0 Å². The van der Waals surface area contributed by atoms with Gasteiger partial charge in [0.15, 0.2) is 0 Å². The average Bonchev–Trinajstić information content (AvgIpc) is 2.86. The number of likely N-dealkylation sites (N-methyl/N-ethyl adjacent to an activating group) is 1. The van der Waals surface area contributed by atoms with Crippen molar-refractivity contribution in [1.82, 2.24) is 10.2 Å². The molecule has 0 aliphatic rings. The Kier molecular flexibility index (Phi) is 8.59. The maximum atomic E-state index is 12.5. The highest BCUT2D eigenvalue weighted by atomic mass is 32.2. The zero-order valence-electron chi connectivity index (χ0n) is 18.8. The normalized spacial score (nSPS) is 11.2. The van der Waals surface area contributed by atoms with Gasteiger partial charge in [0.2, 0.25) is 5.91 Å². The maximum absolute atomic E-state index is 12.5. The molecular weight excluding hydrogens is 450 g/mol. The van der Waals surface area contributed by atoms with Gasteiger partial charge in [-0.05, 0) is 48.4 Å². The molecule has 3 aromatic carbocycles. The van der Waals surface area contributed by atoms with Gasteiger partial charge in [-0.15, -0.1) is 0 Å². The Hall–Kier alpha value is -3.91. The smallest absolute Gasteiger partial charge is 0.255 e. The topological polar surface area (TPSA) is 95.6 Å². The molecule has 0 unspecified atom stereocenters. The molecule has 0 aliphatic heterocycles. The van der Waals surface area contributed by atoms with Crippen molar-refractivity contribution in [2.75, 3.05) is 17.8 Å². The maximum Gasteiger partial charge on any atom is 0.255 e. The Morgan fingerprint density at radius 3 is 2.12 bits per heavy atom. The van der Waals surface area contributed by atoms with E-state index in [1.54, 1.807) is 17.0 Å². The molecule has 2 amide bonds. The number of amides is 2. The zero-order chi connectivity index (χ0) is 24.4. The van der Waals surface area contributed by atoms with Crippen LogP contribution in [0.1, 0.15) is 28.4 Å². The van der Waals surface area contributed by atoms with Crippen molar-refractivity contribution in [3.05, 3.63) is 107 Å². The molecule has 8 heteroatoms. The molecule has 176 valence electrons. The fraction of sp³-hybridized carbons (Fsp3) is 0.154. The van der Waals surface area contributed by atoms with E-state index in [0.717, 1.165) is 16.5 Å². The Balaban J connectivity index is 1.53. The Morgan fingerprint density at radius 1 is 0.882 bits per heavy atom. The highest BCUT2D eigenvalue weighted by molar-refractivity contribution is 7.95. The van der Waals surface area contributed by atoms with E-state index in [9.17, 15) is 18.0 Å². The van der Waals surface area contributed by atoms with E-state index in [1.807, 2.05) is 55.5 Å². The summed E-state index contributed by atoms with van der Waals surface area (Å²) < 4.78 is 27.0. The van der Waals surface area contributed by atoms with Crippen molar-refractivity contribution in [2.24, 2.45) is 0 Å². The van der Waals surface area contributed by atoms with Crippen molar-refractivity contribution in [2.45, 2.75) is 13.5 Å². The highest BCUT2D eigenvalue weighted by Gasteiger charge is 2.14. The zero-order valence-corrected chi connectivity index (χ0v) is 19.7. The van der Waals surface area contributed by atoms with Gasteiger partial charge in [0.05, 0.1) is 12.0 Å². The van der Waals surface area contributed by atoms with Crippen LogP contribution in [0, 0.1) is 0 Å².